The van der Waals surface area contributed by atoms with E-state index in [-0.39, 0.29) is 23.8 Å². The highest BCUT2D eigenvalue weighted by Crippen LogP contribution is 2.48. The van der Waals surface area contributed by atoms with E-state index < -0.39 is 5.97 Å². The van der Waals surface area contributed by atoms with Gasteiger partial charge in [0.05, 0.1) is 5.92 Å². The minimum atomic E-state index is -0.747. The topological polar surface area (TPSA) is 78.4 Å². The van der Waals surface area contributed by atoms with Gasteiger partial charge < -0.3 is 15.7 Å². The van der Waals surface area contributed by atoms with Crippen LogP contribution < -0.4 is 10.6 Å². The van der Waals surface area contributed by atoms with Crippen LogP contribution in [0.15, 0.2) is 0 Å². The van der Waals surface area contributed by atoms with E-state index in [1.165, 1.54) is 0 Å². The molecular weight excluding hydrogens is 232 g/mol. The number of carboxylic acids is 1. The summed E-state index contributed by atoms with van der Waals surface area (Å²) in [6, 6.07) is -0.136. The number of amides is 1. The molecule has 2 aliphatic rings. The molecule has 0 spiro atoms. The SMILES string of the molecule is CNCCCC(=O)NC1C2CCC(C2)C1C(=O)O. The zero-order chi connectivity index (χ0) is 13.1. The normalized spacial score (nSPS) is 33.6. The molecule has 0 aromatic rings. The molecule has 5 nitrogen and oxygen atoms in total. The van der Waals surface area contributed by atoms with E-state index in [0.717, 1.165) is 32.2 Å². The molecule has 0 radical (unpaired) electrons. The second-order valence-corrected chi connectivity index (χ2v) is 5.50. The fraction of sp³-hybridized carbons (Fsp3) is 0.846. The van der Waals surface area contributed by atoms with Gasteiger partial charge in [-0.2, -0.15) is 0 Å². The van der Waals surface area contributed by atoms with Crippen LogP contribution in [0.3, 0.4) is 0 Å². The zero-order valence-electron chi connectivity index (χ0n) is 10.8. The molecule has 4 atom stereocenters. The summed E-state index contributed by atoms with van der Waals surface area (Å²) >= 11 is 0. The predicted octanol–water partition coefficient (Wildman–Crippen LogP) is 0.601. The van der Waals surface area contributed by atoms with Crippen molar-refractivity contribution in [2.75, 3.05) is 13.6 Å². The summed E-state index contributed by atoms with van der Waals surface area (Å²) in [4.78, 5) is 23.1. The van der Waals surface area contributed by atoms with Gasteiger partial charge in [0.1, 0.15) is 0 Å². The lowest BCUT2D eigenvalue weighted by atomic mass is 9.84. The third kappa shape index (κ3) is 2.66. The first-order valence-corrected chi connectivity index (χ1v) is 6.80. The molecule has 4 unspecified atom stereocenters. The Morgan fingerprint density at radius 1 is 1.28 bits per heavy atom. The van der Waals surface area contributed by atoms with Crippen LogP contribution in [-0.2, 0) is 9.59 Å². The monoisotopic (exact) mass is 254 g/mol. The van der Waals surface area contributed by atoms with Crippen LogP contribution in [0.25, 0.3) is 0 Å². The molecule has 0 saturated heterocycles. The summed E-state index contributed by atoms with van der Waals surface area (Å²) in [7, 11) is 1.86. The van der Waals surface area contributed by atoms with Crippen molar-refractivity contribution < 1.29 is 14.7 Å². The molecule has 102 valence electrons. The molecule has 0 aromatic carbocycles. The van der Waals surface area contributed by atoms with Crippen molar-refractivity contribution in [3.63, 3.8) is 0 Å². The summed E-state index contributed by atoms with van der Waals surface area (Å²) < 4.78 is 0. The molecule has 3 N–H and O–H groups in total. The standard InChI is InChI=1S/C13H22N2O3/c1-14-6-2-3-10(16)15-12-9-5-4-8(7-9)11(12)13(17)18/h8-9,11-12,14H,2-7H2,1H3,(H,15,16)(H,17,18). The molecule has 1 amide bonds. The number of fused-ring (bicyclic) bond motifs is 2. The Hall–Kier alpha value is -1.10. The van der Waals surface area contributed by atoms with Gasteiger partial charge in [0.15, 0.2) is 0 Å². The third-order valence-electron chi connectivity index (χ3n) is 4.36. The number of carboxylic acid groups (broad SMARTS) is 1. The summed E-state index contributed by atoms with van der Waals surface area (Å²) in [5.41, 5.74) is 0. The van der Waals surface area contributed by atoms with Crippen LogP contribution in [0.4, 0.5) is 0 Å². The van der Waals surface area contributed by atoms with Gasteiger partial charge in [0.25, 0.3) is 0 Å². The average Bonchev–Trinajstić information content (AvgIpc) is 2.89. The first-order valence-electron chi connectivity index (χ1n) is 6.80. The van der Waals surface area contributed by atoms with Gasteiger partial charge in [0, 0.05) is 12.5 Å². The molecule has 2 rings (SSSR count). The average molecular weight is 254 g/mol. The van der Waals surface area contributed by atoms with E-state index in [2.05, 4.69) is 10.6 Å². The van der Waals surface area contributed by atoms with E-state index >= 15 is 0 Å². The van der Waals surface area contributed by atoms with Gasteiger partial charge in [0.2, 0.25) is 5.91 Å². The van der Waals surface area contributed by atoms with Gasteiger partial charge >= 0.3 is 5.97 Å². The number of aliphatic carboxylic acids is 1. The smallest absolute Gasteiger partial charge is 0.308 e. The number of rotatable bonds is 6. The molecule has 2 fully saturated rings. The Labute approximate surface area is 107 Å². The molecule has 18 heavy (non-hydrogen) atoms. The molecular formula is C13H22N2O3. The highest BCUT2D eigenvalue weighted by atomic mass is 16.4. The van der Waals surface area contributed by atoms with Gasteiger partial charge in [-0.1, -0.05) is 0 Å². The van der Waals surface area contributed by atoms with Crippen LogP contribution >= 0.6 is 0 Å². The molecule has 5 heteroatoms. The van der Waals surface area contributed by atoms with E-state index in [9.17, 15) is 14.7 Å². The van der Waals surface area contributed by atoms with Crippen LogP contribution in [0, 0.1) is 17.8 Å². The lowest BCUT2D eigenvalue weighted by Gasteiger charge is -2.28. The maximum atomic E-state index is 11.8. The van der Waals surface area contributed by atoms with Crippen molar-refractivity contribution in [1.29, 1.82) is 0 Å². The fourth-order valence-electron chi connectivity index (χ4n) is 3.54. The maximum absolute atomic E-state index is 11.8. The summed E-state index contributed by atoms with van der Waals surface area (Å²) in [5.74, 6) is -0.465. The predicted molar refractivity (Wildman–Crippen MR) is 67.0 cm³/mol. The highest BCUT2D eigenvalue weighted by molar-refractivity contribution is 5.78. The van der Waals surface area contributed by atoms with Crippen molar-refractivity contribution >= 4 is 11.9 Å². The Bertz CT molecular complexity index is 332. The van der Waals surface area contributed by atoms with Gasteiger partial charge in [-0.05, 0) is 51.1 Å². The minimum Gasteiger partial charge on any atom is -0.481 e. The van der Waals surface area contributed by atoms with E-state index in [4.69, 9.17) is 0 Å². The van der Waals surface area contributed by atoms with Crippen molar-refractivity contribution in [1.82, 2.24) is 10.6 Å². The Morgan fingerprint density at radius 3 is 2.67 bits per heavy atom. The number of hydrogen-bond donors (Lipinski definition) is 3. The van der Waals surface area contributed by atoms with E-state index in [1.807, 2.05) is 7.05 Å². The van der Waals surface area contributed by atoms with Crippen molar-refractivity contribution in [3.8, 4) is 0 Å². The summed E-state index contributed by atoms with van der Waals surface area (Å²) in [5, 5.41) is 15.2. The zero-order valence-corrected chi connectivity index (χ0v) is 10.8. The molecule has 0 aliphatic heterocycles. The quantitative estimate of drug-likeness (QED) is 0.607. The molecule has 2 saturated carbocycles. The van der Waals surface area contributed by atoms with E-state index in [1.54, 1.807) is 0 Å². The van der Waals surface area contributed by atoms with Crippen molar-refractivity contribution in [2.24, 2.45) is 17.8 Å². The third-order valence-corrected chi connectivity index (χ3v) is 4.36. The number of carbonyl (C=O) groups is 2. The Balaban J connectivity index is 1.87. The number of carbonyl (C=O) groups excluding carboxylic acids is 1. The Morgan fingerprint density at radius 2 is 2.00 bits per heavy atom. The second kappa shape index (κ2) is 5.69. The lowest BCUT2D eigenvalue weighted by molar-refractivity contribution is -0.144. The van der Waals surface area contributed by atoms with Crippen molar-refractivity contribution in [3.05, 3.63) is 0 Å². The summed E-state index contributed by atoms with van der Waals surface area (Å²) in [6.45, 7) is 0.812. The van der Waals surface area contributed by atoms with Crippen LogP contribution in [-0.4, -0.2) is 36.6 Å². The fourth-order valence-corrected chi connectivity index (χ4v) is 3.54. The number of hydrogen-bond acceptors (Lipinski definition) is 3. The van der Waals surface area contributed by atoms with Gasteiger partial charge in [-0.3, -0.25) is 9.59 Å². The van der Waals surface area contributed by atoms with Crippen LogP contribution in [0.5, 0.6) is 0 Å². The largest absolute Gasteiger partial charge is 0.481 e. The number of nitrogens with one attached hydrogen (secondary N) is 2. The van der Waals surface area contributed by atoms with Crippen LogP contribution in [0.2, 0.25) is 0 Å². The van der Waals surface area contributed by atoms with Gasteiger partial charge in [-0.15, -0.1) is 0 Å². The Kier molecular flexibility index (Phi) is 4.22. The minimum absolute atomic E-state index is 0.00551. The highest BCUT2D eigenvalue weighted by Gasteiger charge is 2.51. The van der Waals surface area contributed by atoms with Gasteiger partial charge in [-0.25, -0.2) is 0 Å². The second-order valence-electron chi connectivity index (χ2n) is 5.50. The van der Waals surface area contributed by atoms with E-state index in [0.29, 0.717) is 12.3 Å². The molecule has 2 aliphatic carbocycles. The molecule has 0 aromatic heterocycles. The van der Waals surface area contributed by atoms with Crippen LogP contribution in [0.1, 0.15) is 32.1 Å². The molecule has 2 bridgehead atoms. The maximum Gasteiger partial charge on any atom is 0.308 e. The first kappa shape index (κ1) is 13.3. The summed E-state index contributed by atoms with van der Waals surface area (Å²) in [6.07, 6.45) is 4.31. The van der Waals surface area contributed by atoms with Crippen molar-refractivity contribution in [2.45, 2.75) is 38.1 Å². The molecule has 0 heterocycles. The first-order chi connectivity index (χ1) is 8.63. The lowest BCUT2D eigenvalue weighted by Crippen LogP contribution is -2.46.